The van der Waals surface area contributed by atoms with Crippen LogP contribution in [0, 0.1) is 0 Å². The predicted molar refractivity (Wildman–Crippen MR) is 181 cm³/mol. The number of nitrogens with zero attached hydrogens (tertiary/aromatic N) is 2. The Morgan fingerprint density at radius 2 is 1.38 bits per heavy atom. The Labute approximate surface area is 276 Å². The number of anilines is 1. The van der Waals surface area contributed by atoms with E-state index in [0.29, 0.717) is 17.1 Å². The van der Waals surface area contributed by atoms with Crippen molar-refractivity contribution in [3.05, 3.63) is 114 Å². The molecule has 4 aromatic carbocycles. The van der Waals surface area contributed by atoms with Crippen molar-refractivity contribution < 1.29 is 32.2 Å². The van der Waals surface area contributed by atoms with Crippen molar-refractivity contribution in [2.45, 2.75) is 43.8 Å². The lowest BCUT2D eigenvalue weighted by Crippen LogP contribution is -2.54. The smallest absolute Gasteiger partial charge is 0.264 e. The third-order valence-electron chi connectivity index (χ3n) is 7.45. The topological polar surface area (TPSA) is 114 Å². The van der Waals surface area contributed by atoms with Gasteiger partial charge in [0.05, 0.1) is 31.9 Å². The maximum Gasteiger partial charge on any atom is 0.264 e. The number of methoxy groups -OCH3 is 3. The van der Waals surface area contributed by atoms with Gasteiger partial charge < -0.3 is 24.4 Å². The van der Waals surface area contributed by atoms with Gasteiger partial charge in [0.15, 0.2) is 11.5 Å². The summed E-state index contributed by atoms with van der Waals surface area (Å²) in [6, 6.07) is 27.9. The van der Waals surface area contributed by atoms with Crippen molar-refractivity contribution in [2.75, 3.05) is 32.2 Å². The fourth-order valence-corrected chi connectivity index (χ4v) is 6.56. The SMILES string of the molecule is COc1cccc(CN(C(=O)CN(c2ccc(OC)c(OC)c2)S(=O)(=O)c2ccccc2)[C@@H](Cc2ccccc2)C(=O)NC(C)C)c1. The molecule has 0 aliphatic rings. The molecule has 0 bridgehead atoms. The average molecular weight is 660 g/mol. The number of sulfonamides is 1. The van der Waals surface area contributed by atoms with Gasteiger partial charge in [-0.2, -0.15) is 0 Å². The van der Waals surface area contributed by atoms with Crippen LogP contribution in [0.2, 0.25) is 0 Å². The molecule has 0 saturated heterocycles. The maximum atomic E-state index is 14.6. The third-order valence-corrected chi connectivity index (χ3v) is 9.24. The summed E-state index contributed by atoms with van der Waals surface area (Å²) in [6.45, 7) is 3.11. The van der Waals surface area contributed by atoms with E-state index in [4.69, 9.17) is 14.2 Å². The molecule has 4 rings (SSSR count). The van der Waals surface area contributed by atoms with Crippen molar-refractivity contribution in [3.63, 3.8) is 0 Å². The summed E-state index contributed by atoms with van der Waals surface area (Å²) in [5.41, 5.74) is 1.73. The highest BCUT2D eigenvalue weighted by molar-refractivity contribution is 7.92. The Morgan fingerprint density at radius 3 is 2.00 bits per heavy atom. The molecule has 0 aliphatic carbocycles. The zero-order valence-corrected chi connectivity index (χ0v) is 28.1. The quantitative estimate of drug-likeness (QED) is 0.190. The second kappa shape index (κ2) is 16.0. The number of nitrogens with one attached hydrogen (secondary N) is 1. The zero-order valence-electron chi connectivity index (χ0n) is 27.3. The van der Waals surface area contributed by atoms with Crippen LogP contribution in [-0.4, -0.2) is 65.1 Å². The molecule has 1 N–H and O–H groups in total. The molecule has 0 unspecified atom stereocenters. The molecule has 0 aromatic heterocycles. The molecule has 248 valence electrons. The van der Waals surface area contributed by atoms with E-state index in [9.17, 15) is 18.0 Å². The summed E-state index contributed by atoms with van der Waals surface area (Å²) in [6.07, 6.45) is 0.205. The van der Waals surface area contributed by atoms with E-state index < -0.39 is 28.5 Å². The van der Waals surface area contributed by atoms with Gasteiger partial charge in [0, 0.05) is 25.1 Å². The average Bonchev–Trinajstić information content (AvgIpc) is 3.08. The zero-order chi connectivity index (χ0) is 34.0. The Kier molecular flexibility index (Phi) is 11.9. The number of hydrogen-bond donors (Lipinski definition) is 1. The Bertz CT molecular complexity index is 1750. The first-order valence-corrected chi connectivity index (χ1v) is 16.6. The minimum Gasteiger partial charge on any atom is -0.497 e. The molecule has 2 amide bonds. The number of ether oxygens (including phenoxy) is 3. The highest BCUT2D eigenvalue weighted by Crippen LogP contribution is 2.34. The number of carbonyl (C=O) groups is 2. The summed E-state index contributed by atoms with van der Waals surface area (Å²) in [5.74, 6) is 0.329. The largest absolute Gasteiger partial charge is 0.497 e. The van der Waals surface area contributed by atoms with E-state index in [2.05, 4.69) is 5.32 Å². The van der Waals surface area contributed by atoms with Crippen molar-refractivity contribution in [3.8, 4) is 17.2 Å². The van der Waals surface area contributed by atoms with Crippen LogP contribution in [0.1, 0.15) is 25.0 Å². The van der Waals surface area contributed by atoms with Gasteiger partial charge in [-0.1, -0.05) is 60.7 Å². The van der Waals surface area contributed by atoms with Gasteiger partial charge in [-0.15, -0.1) is 0 Å². The summed E-state index contributed by atoms with van der Waals surface area (Å²) in [7, 11) is 0.204. The second-order valence-electron chi connectivity index (χ2n) is 11.1. The maximum absolute atomic E-state index is 14.6. The molecule has 0 fully saturated rings. The van der Waals surface area contributed by atoms with Crippen LogP contribution in [0.4, 0.5) is 5.69 Å². The first-order valence-electron chi connectivity index (χ1n) is 15.1. The van der Waals surface area contributed by atoms with E-state index in [1.165, 1.54) is 37.3 Å². The van der Waals surface area contributed by atoms with Crippen LogP contribution >= 0.6 is 0 Å². The van der Waals surface area contributed by atoms with Crippen LogP contribution in [-0.2, 0) is 32.6 Å². The minimum absolute atomic E-state index is 0.000294. The first-order chi connectivity index (χ1) is 22.6. The van der Waals surface area contributed by atoms with Gasteiger partial charge in [0.2, 0.25) is 11.8 Å². The molecular formula is C36H41N3O7S. The van der Waals surface area contributed by atoms with E-state index in [1.54, 1.807) is 55.6 Å². The Balaban J connectivity index is 1.84. The summed E-state index contributed by atoms with van der Waals surface area (Å²) in [4.78, 5) is 29.9. The standard InChI is InChI=1S/C36H41N3O7S/c1-26(2)37-36(41)32(22-27-13-8-6-9-14-27)38(24-28-15-12-16-30(21-28)44-3)35(40)25-39(47(42,43)31-17-10-7-11-18-31)29-19-20-33(45-4)34(23-29)46-5/h6-21,23,26,32H,22,24-25H2,1-5H3,(H,37,41)/t32-/m0/s1. The van der Waals surface area contributed by atoms with E-state index >= 15 is 0 Å². The normalized spacial score (nSPS) is 11.8. The monoisotopic (exact) mass is 659 g/mol. The molecule has 0 spiro atoms. The van der Waals surface area contributed by atoms with E-state index in [-0.39, 0.29) is 41.2 Å². The van der Waals surface area contributed by atoms with Crippen LogP contribution in [0.3, 0.4) is 0 Å². The molecule has 0 aliphatic heterocycles. The van der Waals surface area contributed by atoms with Crippen molar-refractivity contribution in [1.82, 2.24) is 10.2 Å². The summed E-state index contributed by atoms with van der Waals surface area (Å²) in [5, 5.41) is 2.96. The van der Waals surface area contributed by atoms with E-state index in [1.807, 2.05) is 50.2 Å². The molecule has 0 radical (unpaired) electrons. The summed E-state index contributed by atoms with van der Waals surface area (Å²) < 4.78 is 45.7. The molecule has 47 heavy (non-hydrogen) atoms. The van der Waals surface area contributed by atoms with Gasteiger partial charge in [0.25, 0.3) is 10.0 Å². The molecule has 11 heteroatoms. The fraction of sp³-hybridized carbons (Fsp3) is 0.278. The van der Waals surface area contributed by atoms with Gasteiger partial charge >= 0.3 is 0 Å². The lowest BCUT2D eigenvalue weighted by Gasteiger charge is -2.34. The first kappa shape index (κ1) is 34.8. The minimum atomic E-state index is -4.27. The Hall–Kier alpha value is -5.03. The number of rotatable bonds is 15. The number of carbonyl (C=O) groups excluding carboxylic acids is 2. The van der Waals surface area contributed by atoms with Gasteiger partial charge in [0.1, 0.15) is 18.3 Å². The number of hydrogen-bond acceptors (Lipinski definition) is 7. The molecule has 10 nitrogen and oxygen atoms in total. The van der Waals surface area contributed by atoms with E-state index in [0.717, 1.165) is 9.87 Å². The molecule has 0 heterocycles. The van der Waals surface area contributed by atoms with Gasteiger partial charge in [-0.3, -0.25) is 13.9 Å². The van der Waals surface area contributed by atoms with Crippen LogP contribution < -0.4 is 23.8 Å². The number of amides is 2. The van der Waals surface area contributed by atoms with Crippen LogP contribution in [0.5, 0.6) is 17.2 Å². The number of benzene rings is 4. The highest BCUT2D eigenvalue weighted by atomic mass is 32.2. The Morgan fingerprint density at radius 1 is 0.745 bits per heavy atom. The highest BCUT2D eigenvalue weighted by Gasteiger charge is 2.35. The molecule has 0 saturated carbocycles. The van der Waals surface area contributed by atoms with Gasteiger partial charge in [-0.05, 0) is 61.4 Å². The van der Waals surface area contributed by atoms with Crippen molar-refractivity contribution in [2.24, 2.45) is 0 Å². The third kappa shape index (κ3) is 8.82. The molecular weight excluding hydrogens is 618 g/mol. The lowest BCUT2D eigenvalue weighted by molar-refractivity contribution is -0.140. The fourth-order valence-electron chi connectivity index (χ4n) is 5.13. The van der Waals surface area contributed by atoms with Crippen molar-refractivity contribution in [1.29, 1.82) is 0 Å². The van der Waals surface area contributed by atoms with Crippen LogP contribution in [0.25, 0.3) is 0 Å². The molecule has 1 atom stereocenters. The predicted octanol–water partition coefficient (Wildman–Crippen LogP) is 5.07. The van der Waals surface area contributed by atoms with Crippen LogP contribution in [0.15, 0.2) is 108 Å². The van der Waals surface area contributed by atoms with Crippen molar-refractivity contribution >= 4 is 27.5 Å². The molecule has 4 aromatic rings. The lowest BCUT2D eigenvalue weighted by atomic mass is 10.0. The van der Waals surface area contributed by atoms with Gasteiger partial charge in [-0.25, -0.2) is 8.42 Å². The second-order valence-corrected chi connectivity index (χ2v) is 13.0. The summed E-state index contributed by atoms with van der Waals surface area (Å²) >= 11 is 0.